The summed E-state index contributed by atoms with van der Waals surface area (Å²) in [5, 5.41) is 9.72. The van der Waals surface area contributed by atoms with Gasteiger partial charge in [-0.1, -0.05) is 0 Å². The molecule has 0 fully saturated rings. The summed E-state index contributed by atoms with van der Waals surface area (Å²) in [4.78, 5) is 5.30. The highest BCUT2D eigenvalue weighted by molar-refractivity contribution is 5.31. The number of benzene rings is 1. The molecule has 0 aromatic heterocycles. The number of methoxy groups -OCH3 is 1. The fraction of sp³-hybridized carbons (Fsp3) is 0.571. The highest BCUT2D eigenvalue weighted by Crippen LogP contribution is 2.17. The summed E-state index contributed by atoms with van der Waals surface area (Å²) in [7, 11) is 1.61. The van der Waals surface area contributed by atoms with Crippen molar-refractivity contribution in [2.75, 3.05) is 20.3 Å². The second kappa shape index (κ2) is 7.33. The summed E-state index contributed by atoms with van der Waals surface area (Å²) >= 11 is 0. The van der Waals surface area contributed by atoms with Gasteiger partial charge in [0.1, 0.15) is 24.2 Å². The van der Waals surface area contributed by atoms with E-state index in [1.165, 1.54) is 0 Å². The standard InChI is InChI=1S/C14H23NO4/c1-14(2,3)19-15-9-11(16)10-18-13-7-5-12(17-4)6-8-13/h5-8,11,15-16H,9-10H2,1-4H3. The van der Waals surface area contributed by atoms with Gasteiger partial charge in [-0.25, -0.2) is 0 Å². The molecule has 0 heterocycles. The van der Waals surface area contributed by atoms with Crippen LogP contribution in [0.25, 0.3) is 0 Å². The Morgan fingerprint density at radius 3 is 2.26 bits per heavy atom. The van der Waals surface area contributed by atoms with E-state index in [-0.39, 0.29) is 12.2 Å². The Bertz CT molecular complexity index is 359. The van der Waals surface area contributed by atoms with Gasteiger partial charge in [-0.15, -0.1) is 0 Å². The van der Waals surface area contributed by atoms with Crippen LogP contribution in [0.5, 0.6) is 11.5 Å². The average molecular weight is 269 g/mol. The van der Waals surface area contributed by atoms with E-state index >= 15 is 0 Å². The zero-order chi connectivity index (χ0) is 14.3. The predicted octanol–water partition coefficient (Wildman–Crippen LogP) is 1.75. The van der Waals surface area contributed by atoms with Crippen LogP contribution >= 0.6 is 0 Å². The van der Waals surface area contributed by atoms with Crippen molar-refractivity contribution in [1.29, 1.82) is 0 Å². The zero-order valence-corrected chi connectivity index (χ0v) is 12.0. The molecule has 1 aromatic rings. The molecule has 5 heteroatoms. The van der Waals surface area contributed by atoms with Crippen LogP contribution in [0, 0.1) is 0 Å². The van der Waals surface area contributed by atoms with Gasteiger partial charge in [-0.2, -0.15) is 5.48 Å². The van der Waals surface area contributed by atoms with Gasteiger partial charge in [0.05, 0.1) is 19.3 Å². The van der Waals surface area contributed by atoms with E-state index in [2.05, 4.69) is 5.48 Å². The Kier molecular flexibility index (Phi) is 6.08. The quantitative estimate of drug-likeness (QED) is 0.739. The number of rotatable bonds is 7. The summed E-state index contributed by atoms with van der Waals surface area (Å²) in [5.41, 5.74) is 2.45. The van der Waals surface area contributed by atoms with Crippen LogP contribution < -0.4 is 15.0 Å². The molecule has 1 rings (SSSR count). The van der Waals surface area contributed by atoms with Crippen LogP contribution in [0.3, 0.4) is 0 Å². The van der Waals surface area contributed by atoms with Crippen LogP contribution in [-0.2, 0) is 4.84 Å². The normalized spacial score (nSPS) is 13.1. The van der Waals surface area contributed by atoms with Crippen molar-refractivity contribution in [3.63, 3.8) is 0 Å². The summed E-state index contributed by atoms with van der Waals surface area (Å²) in [6, 6.07) is 7.21. The largest absolute Gasteiger partial charge is 0.497 e. The fourth-order valence-corrected chi connectivity index (χ4v) is 1.28. The minimum absolute atomic E-state index is 0.201. The second-order valence-corrected chi connectivity index (χ2v) is 5.20. The molecule has 0 aliphatic carbocycles. The second-order valence-electron chi connectivity index (χ2n) is 5.20. The number of aliphatic hydroxyl groups excluding tert-OH is 1. The summed E-state index contributed by atoms with van der Waals surface area (Å²) < 4.78 is 10.5. The minimum Gasteiger partial charge on any atom is -0.497 e. The van der Waals surface area contributed by atoms with E-state index < -0.39 is 6.10 Å². The molecule has 0 aliphatic rings. The van der Waals surface area contributed by atoms with Crippen molar-refractivity contribution in [2.24, 2.45) is 0 Å². The maximum atomic E-state index is 9.72. The lowest BCUT2D eigenvalue weighted by atomic mass is 10.2. The minimum atomic E-state index is -0.635. The molecule has 0 spiro atoms. The van der Waals surface area contributed by atoms with Crippen LogP contribution in [0.2, 0.25) is 0 Å². The molecule has 0 bridgehead atoms. The number of hydrogen-bond donors (Lipinski definition) is 2. The Hall–Kier alpha value is -1.30. The topological polar surface area (TPSA) is 60.0 Å². The predicted molar refractivity (Wildman–Crippen MR) is 73.3 cm³/mol. The molecule has 0 aliphatic heterocycles. The maximum Gasteiger partial charge on any atom is 0.119 e. The van der Waals surface area contributed by atoms with Crippen molar-refractivity contribution in [3.05, 3.63) is 24.3 Å². The van der Waals surface area contributed by atoms with Crippen molar-refractivity contribution >= 4 is 0 Å². The Morgan fingerprint density at radius 2 is 1.74 bits per heavy atom. The van der Waals surface area contributed by atoms with Gasteiger partial charge >= 0.3 is 0 Å². The summed E-state index contributed by atoms with van der Waals surface area (Å²) in [5.74, 6) is 1.46. The molecular weight excluding hydrogens is 246 g/mol. The van der Waals surface area contributed by atoms with Crippen molar-refractivity contribution in [3.8, 4) is 11.5 Å². The molecule has 0 saturated heterocycles. The molecule has 2 N–H and O–H groups in total. The van der Waals surface area contributed by atoms with E-state index in [1.807, 2.05) is 32.9 Å². The van der Waals surface area contributed by atoms with Gasteiger partial charge < -0.3 is 14.6 Å². The first-order valence-corrected chi connectivity index (χ1v) is 6.26. The molecule has 1 aromatic carbocycles. The highest BCUT2D eigenvalue weighted by Gasteiger charge is 2.12. The van der Waals surface area contributed by atoms with Crippen LogP contribution in [0.15, 0.2) is 24.3 Å². The smallest absolute Gasteiger partial charge is 0.119 e. The third-order valence-electron chi connectivity index (χ3n) is 2.20. The van der Waals surface area contributed by atoms with Gasteiger partial charge in [0.25, 0.3) is 0 Å². The van der Waals surface area contributed by atoms with E-state index in [0.29, 0.717) is 12.3 Å². The lowest BCUT2D eigenvalue weighted by Gasteiger charge is -2.21. The fourth-order valence-electron chi connectivity index (χ4n) is 1.28. The molecule has 108 valence electrons. The van der Waals surface area contributed by atoms with Crippen molar-refractivity contribution < 1.29 is 19.4 Å². The SMILES string of the molecule is COc1ccc(OCC(O)CNOC(C)(C)C)cc1. The molecule has 0 radical (unpaired) electrons. The highest BCUT2D eigenvalue weighted by atomic mass is 16.7. The first-order valence-electron chi connectivity index (χ1n) is 6.26. The first-order chi connectivity index (χ1) is 8.90. The van der Waals surface area contributed by atoms with E-state index in [1.54, 1.807) is 19.2 Å². The molecular formula is C14H23NO4. The molecule has 1 unspecified atom stereocenters. The number of hydroxylamine groups is 1. The molecule has 19 heavy (non-hydrogen) atoms. The van der Waals surface area contributed by atoms with Crippen LogP contribution in [0.1, 0.15) is 20.8 Å². The molecule has 0 amide bonds. The summed E-state index contributed by atoms with van der Waals surface area (Å²) in [6.45, 7) is 6.31. The zero-order valence-electron chi connectivity index (χ0n) is 12.0. The van der Waals surface area contributed by atoms with Crippen LogP contribution in [0.4, 0.5) is 0 Å². The third kappa shape index (κ3) is 7.00. The number of hydrogen-bond acceptors (Lipinski definition) is 5. The van der Waals surface area contributed by atoms with E-state index in [0.717, 1.165) is 5.75 Å². The molecule has 1 atom stereocenters. The first kappa shape index (κ1) is 15.8. The average Bonchev–Trinajstić information content (AvgIpc) is 2.35. The molecule has 0 saturated carbocycles. The monoisotopic (exact) mass is 269 g/mol. The Labute approximate surface area is 114 Å². The number of aliphatic hydroxyl groups is 1. The van der Waals surface area contributed by atoms with E-state index in [9.17, 15) is 5.11 Å². The maximum absolute atomic E-state index is 9.72. The van der Waals surface area contributed by atoms with Crippen LogP contribution in [-0.4, -0.2) is 37.1 Å². The summed E-state index contributed by atoms with van der Waals surface area (Å²) in [6.07, 6.45) is -0.635. The van der Waals surface area contributed by atoms with Crippen molar-refractivity contribution in [1.82, 2.24) is 5.48 Å². The molecule has 5 nitrogen and oxygen atoms in total. The van der Waals surface area contributed by atoms with E-state index in [4.69, 9.17) is 14.3 Å². The number of nitrogens with one attached hydrogen (secondary N) is 1. The van der Waals surface area contributed by atoms with Gasteiger partial charge in [-0.05, 0) is 45.0 Å². The Balaban J connectivity index is 2.23. The lowest BCUT2D eigenvalue weighted by molar-refractivity contribution is -0.0857. The number of ether oxygens (including phenoxy) is 2. The Morgan fingerprint density at radius 1 is 1.16 bits per heavy atom. The van der Waals surface area contributed by atoms with Gasteiger partial charge in [0, 0.05) is 0 Å². The van der Waals surface area contributed by atoms with Crippen molar-refractivity contribution in [2.45, 2.75) is 32.5 Å². The van der Waals surface area contributed by atoms with Gasteiger partial charge in [-0.3, -0.25) is 4.84 Å². The van der Waals surface area contributed by atoms with Gasteiger partial charge in [0.2, 0.25) is 0 Å². The third-order valence-corrected chi connectivity index (χ3v) is 2.20. The van der Waals surface area contributed by atoms with Gasteiger partial charge in [0.15, 0.2) is 0 Å². The lowest BCUT2D eigenvalue weighted by Crippen LogP contribution is -2.36.